The molecule has 0 bridgehead atoms. The third kappa shape index (κ3) is 5.97. The molecule has 258 valence electrons. The number of hydrogen-bond acceptors (Lipinski definition) is 2. The summed E-state index contributed by atoms with van der Waals surface area (Å²) in [4.78, 5) is 0. The fourth-order valence-electron chi connectivity index (χ4n) is 3.00. The van der Waals surface area contributed by atoms with Crippen LogP contribution in [0.3, 0.4) is 0 Å². The average molecular weight is 708 g/mol. The topological polar surface area (TPSA) is 47.6 Å². The second-order valence-electron chi connectivity index (χ2n) is 8.74. The minimum Gasteiger partial charge on any atom is -0.227 e. The van der Waals surface area contributed by atoms with E-state index in [1.54, 1.807) is 0 Å². The number of alkyl halides is 24. The van der Waals surface area contributed by atoms with Crippen LogP contribution in [0.2, 0.25) is 0 Å². The zero-order chi connectivity index (χ0) is 36.2. The summed E-state index contributed by atoms with van der Waals surface area (Å²) in [6.07, 6.45) is -32.3. The number of nitriles is 2. The highest BCUT2D eigenvalue weighted by Gasteiger charge is 2.97. The van der Waals surface area contributed by atoms with E-state index in [2.05, 4.69) is 0 Å². The molecule has 0 saturated carbocycles. The monoisotopic (exact) mass is 708 g/mol. The van der Waals surface area contributed by atoms with Gasteiger partial charge in [-0.25, -0.2) is 4.39 Å². The van der Waals surface area contributed by atoms with Gasteiger partial charge in [0.1, 0.15) is 5.41 Å². The molecule has 0 aliphatic heterocycles. The van der Waals surface area contributed by atoms with Gasteiger partial charge < -0.3 is 0 Å². The van der Waals surface area contributed by atoms with Crippen molar-refractivity contribution in [2.75, 3.05) is 0 Å². The molecule has 0 saturated heterocycles. The van der Waals surface area contributed by atoms with Crippen LogP contribution in [0, 0.1) is 28.1 Å². The molecule has 0 aromatic rings. The molecule has 0 heterocycles. The van der Waals surface area contributed by atoms with Gasteiger partial charge >= 0.3 is 60.0 Å². The van der Waals surface area contributed by atoms with Gasteiger partial charge in [0.05, 0.1) is 12.1 Å². The molecule has 0 aliphatic rings. The van der Waals surface area contributed by atoms with E-state index >= 15 is 0 Å². The molecule has 0 N–H and O–H groups in total. The van der Waals surface area contributed by atoms with Crippen LogP contribution in [-0.4, -0.2) is 65.7 Å². The molecule has 2 nitrogen and oxygen atoms in total. The minimum absolute atomic E-state index is 0.428. The average Bonchev–Trinajstić information content (AvgIpc) is 2.81. The van der Waals surface area contributed by atoms with Crippen LogP contribution >= 0.6 is 0 Å². The van der Waals surface area contributed by atoms with Gasteiger partial charge in [0.15, 0.2) is 0 Å². The number of rotatable bonds is 12. The van der Waals surface area contributed by atoms with E-state index in [1.165, 1.54) is 0 Å². The standard InChI is InChI=1S/C18H8F24N2/c19-8(17(37,38)39,3-1-7(5-43,6-44)2-4-9(20,21)22)10(23,24)11(25,26)12(27,28)13(29,30)14(31,32)15(33,34)16(35,36)18(40,41)42/h1-4H2. The third-order valence-corrected chi connectivity index (χ3v) is 5.83. The van der Waals surface area contributed by atoms with E-state index in [9.17, 15) is 105 Å². The van der Waals surface area contributed by atoms with Crippen molar-refractivity contribution in [3.05, 3.63) is 0 Å². The van der Waals surface area contributed by atoms with Gasteiger partial charge in [-0.3, -0.25) is 0 Å². The van der Waals surface area contributed by atoms with Crippen molar-refractivity contribution >= 4 is 0 Å². The Hall–Kier alpha value is -2.70. The van der Waals surface area contributed by atoms with Gasteiger partial charge in [-0.15, -0.1) is 0 Å². The van der Waals surface area contributed by atoms with Crippen LogP contribution in [0.5, 0.6) is 0 Å². The number of halogens is 24. The Morgan fingerprint density at radius 1 is 0.318 bits per heavy atom. The van der Waals surface area contributed by atoms with Gasteiger partial charge in [-0.05, 0) is 19.3 Å². The molecule has 0 aromatic heterocycles. The quantitative estimate of drug-likeness (QED) is 0.190. The van der Waals surface area contributed by atoms with E-state index in [0.717, 1.165) is 0 Å². The van der Waals surface area contributed by atoms with Gasteiger partial charge in [-0.2, -0.15) is 112 Å². The van der Waals surface area contributed by atoms with Gasteiger partial charge in [-0.1, -0.05) is 0 Å². The highest BCUT2D eigenvalue weighted by Crippen LogP contribution is 2.66. The van der Waals surface area contributed by atoms with E-state index in [0.29, 0.717) is 12.1 Å². The zero-order valence-corrected chi connectivity index (χ0v) is 19.8. The summed E-state index contributed by atoms with van der Waals surface area (Å²) in [5.74, 6) is -63.3. The first-order valence-corrected chi connectivity index (χ1v) is 10.1. The maximum Gasteiger partial charge on any atom is 0.460 e. The fraction of sp³-hybridized carbons (Fsp3) is 0.889. The molecule has 0 rings (SSSR count). The van der Waals surface area contributed by atoms with E-state index in [4.69, 9.17) is 10.5 Å². The molecule has 26 heteroatoms. The van der Waals surface area contributed by atoms with Crippen molar-refractivity contribution in [2.45, 2.75) is 91.3 Å². The van der Waals surface area contributed by atoms with Crippen LogP contribution in [0.1, 0.15) is 25.7 Å². The summed E-state index contributed by atoms with van der Waals surface area (Å²) in [6.45, 7) is 0. The fourth-order valence-corrected chi connectivity index (χ4v) is 3.00. The van der Waals surface area contributed by atoms with Crippen LogP contribution in [-0.2, 0) is 0 Å². The second-order valence-corrected chi connectivity index (χ2v) is 8.74. The predicted octanol–water partition coefficient (Wildman–Crippen LogP) is 9.42. The Labute approximate surface area is 226 Å². The molecule has 1 unspecified atom stereocenters. The highest BCUT2D eigenvalue weighted by molar-refractivity contribution is 5.20. The Kier molecular flexibility index (Phi) is 10.3. The van der Waals surface area contributed by atoms with Crippen LogP contribution in [0.15, 0.2) is 0 Å². The second kappa shape index (κ2) is 11.0. The zero-order valence-electron chi connectivity index (χ0n) is 19.8. The van der Waals surface area contributed by atoms with Gasteiger partial charge in [0, 0.05) is 6.42 Å². The van der Waals surface area contributed by atoms with E-state index in [-0.39, 0.29) is 0 Å². The smallest absolute Gasteiger partial charge is 0.227 e. The Morgan fingerprint density at radius 3 is 0.841 bits per heavy atom. The van der Waals surface area contributed by atoms with Gasteiger partial charge in [0.25, 0.3) is 5.67 Å². The summed E-state index contributed by atoms with van der Waals surface area (Å²) in [6, 6.07) is 0.856. The van der Waals surface area contributed by atoms with Crippen molar-refractivity contribution in [2.24, 2.45) is 5.41 Å². The molecule has 0 fully saturated rings. The van der Waals surface area contributed by atoms with Crippen LogP contribution in [0.4, 0.5) is 105 Å². The highest BCUT2D eigenvalue weighted by atomic mass is 19.4. The van der Waals surface area contributed by atoms with Gasteiger partial charge in [0.2, 0.25) is 0 Å². The first kappa shape index (κ1) is 41.3. The maximum atomic E-state index is 14.7. The molecule has 0 radical (unpaired) electrons. The van der Waals surface area contributed by atoms with E-state index < -0.39 is 96.8 Å². The molecule has 44 heavy (non-hydrogen) atoms. The minimum atomic E-state index is -9.34. The SMILES string of the molecule is N#CC(C#N)(CCC(F)(F)F)CCC(F)(C(F)(F)F)C(F)(F)C(F)(F)C(F)(F)C(F)(F)C(F)(F)C(F)(F)C(F)(F)C(F)(F)F. The Balaban J connectivity index is 7.25. The van der Waals surface area contributed by atoms with Crippen molar-refractivity contribution in [1.29, 1.82) is 10.5 Å². The lowest BCUT2D eigenvalue weighted by molar-refractivity contribution is -0.471. The lowest BCUT2D eigenvalue weighted by Crippen LogP contribution is -2.77. The summed E-state index contributed by atoms with van der Waals surface area (Å²) in [5.41, 5.74) is -11.3. The Morgan fingerprint density at radius 2 is 0.591 bits per heavy atom. The molecule has 0 spiro atoms. The summed E-state index contributed by atoms with van der Waals surface area (Å²) >= 11 is 0. The molecule has 0 aromatic carbocycles. The first-order valence-electron chi connectivity index (χ1n) is 10.1. The van der Waals surface area contributed by atoms with Crippen molar-refractivity contribution in [3.63, 3.8) is 0 Å². The lowest BCUT2D eigenvalue weighted by atomic mass is 9.75. The van der Waals surface area contributed by atoms with E-state index in [1.807, 2.05) is 0 Å². The largest absolute Gasteiger partial charge is 0.460 e. The van der Waals surface area contributed by atoms with Crippen molar-refractivity contribution in [3.8, 4) is 12.1 Å². The van der Waals surface area contributed by atoms with Crippen LogP contribution < -0.4 is 0 Å². The van der Waals surface area contributed by atoms with Crippen molar-refractivity contribution in [1.82, 2.24) is 0 Å². The summed E-state index contributed by atoms with van der Waals surface area (Å²) < 4.78 is 319. The molecule has 0 aliphatic carbocycles. The molecule has 1 atom stereocenters. The number of nitrogens with zero attached hydrogens (tertiary/aromatic N) is 2. The lowest BCUT2D eigenvalue weighted by Gasteiger charge is -2.45. The van der Waals surface area contributed by atoms with Crippen molar-refractivity contribution < 1.29 is 105 Å². The molecular formula is C18H8F24N2. The molecule has 0 amide bonds. The molecular weight excluding hydrogens is 700 g/mol. The predicted molar refractivity (Wildman–Crippen MR) is 88.8 cm³/mol. The summed E-state index contributed by atoms with van der Waals surface area (Å²) in [5, 5.41) is 17.5. The Bertz CT molecular complexity index is 1100. The normalized spacial score (nSPS) is 17.1. The third-order valence-electron chi connectivity index (χ3n) is 5.83. The number of hydrogen-bond donors (Lipinski definition) is 0. The van der Waals surface area contributed by atoms with Crippen LogP contribution in [0.25, 0.3) is 0 Å². The first-order chi connectivity index (χ1) is 18.8. The summed E-state index contributed by atoms with van der Waals surface area (Å²) in [7, 11) is 0. The maximum absolute atomic E-state index is 14.7.